The highest BCUT2D eigenvalue weighted by atomic mass is 19.3. The Hall–Kier alpha value is -0.140. The van der Waals surface area contributed by atoms with Crippen LogP contribution in [0.4, 0.5) is 8.78 Å². The molecule has 2 fully saturated rings. The summed E-state index contributed by atoms with van der Waals surface area (Å²) in [6, 6.07) is 0. The lowest BCUT2D eigenvalue weighted by Crippen LogP contribution is -2.31. The Morgan fingerprint density at radius 1 is 1.08 bits per heavy atom. The second-order valence-corrected chi connectivity index (χ2v) is 6.02. The summed E-state index contributed by atoms with van der Waals surface area (Å²) in [6.07, 6.45) is 2.71. The topological polar surface area (TPSA) is 0 Å². The van der Waals surface area contributed by atoms with Gasteiger partial charge in [-0.15, -0.1) is 0 Å². The maximum atomic E-state index is 13.2. The van der Waals surface area contributed by atoms with Crippen molar-refractivity contribution in [2.75, 3.05) is 0 Å². The molecule has 2 unspecified atom stereocenters. The molecule has 0 bridgehead atoms. The van der Waals surface area contributed by atoms with Crippen LogP contribution in [-0.2, 0) is 0 Å². The summed E-state index contributed by atoms with van der Waals surface area (Å²) in [5.74, 6) is -1.88. The van der Waals surface area contributed by atoms with Crippen molar-refractivity contribution in [2.24, 2.45) is 16.7 Å². The van der Waals surface area contributed by atoms with Crippen molar-refractivity contribution < 1.29 is 8.78 Å². The Bertz CT molecular complexity index is 232. The number of hydrogen-bond donors (Lipinski definition) is 0. The first kappa shape index (κ1) is 9.42. The highest BCUT2D eigenvalue weighted by Gasteiger charge is 2.72. The van der Waals surface area contributed by atoms with Crippen LogP contribution < -0.4 is 0 Å². The fourth-order valence-corrected chi connectivity index (χ4v) is 3.54. The van der Waals surface area contributed by atoms with Crippen LogP contribution in [0.1, 0.15) is 46.5 Å². The molecule has 2 aliphatic carbocycles. The van der Waals surface area contributed by atoms with Gasteiger partial charge in [0.1, 0.15) is 0 Å². The molecule has 13 heavy (non-hydrogen) atoms. The fourth-order valence-electron chi connectivity index (χ4n) is 3.54. The molecule has 2 rings (SSSR count). The molecule has 76 valence electrons. The molecular weight excluding hydrogens is 170 g/mol. The van der Waals surface area contributed by atoms with Crippen LogP contribution in [0.2, 0.25) is 0 Å². The van der Waals surface area contributed by atoms with Crippen LogP contribution in [0.25, 0.3) is 0 Å². The Morgan fingerprint density at radius 2 is 1.62 bits per heavy atom. The van der Waals surface area contributed by atoms with Crippen molar-refractivity contribution in [2.45, 2.75) is 52.4 Å². The molecule has 0 amide bonds. The summed E-state index contributed by atoms with van der Waals surface area (Å²) < 4.78 is 26.4. The van der Waals surface area contributed by atoms with E-state index in [4.69, 9.17) is 0 Å². The highest BCUT2D eigenvalue weighted by Crippen LogP contribution is 2.70. The normalized spacial score (nSPS) is 46.4. The van der Waals surface area contributed by atoms with E-state index in [0.29, 0.717) is 5.92 Å². The Kier molecular flexibility index (Phi) is 1.64. The van der Waals surface area contributed by atoms with Crippen LogP contribution in [0.15, 0.2) is 0 Å². The quantitative estimate of drug-likeness (QED) is 0.541. The van der Waals surface area contributed by atoms with E-state index in [9.17, 15) is 8.78 Å². The van der Waals surface area contributed by atoms with Gasteiger partial charge in [-0.1, -0.05) is 20.8 Å². The van der Waals surface area contributed by atoms with E-state index in [2.05, 4.69) is 20.8 Å². The molecule has 2 saturated carbocycles. The van der Waals surface area contributed by atoms with Crippen LogP contribution in [0.5, 0.6) is 0 Å². The second-order valence-electron chi connectivity index (χ2n) is 6.02. The summed E-state index contributed by atoms with van der Waals surface area (Å²) in [5, 5.41) is 0. The molecular formula is C11H18F2. The number of halogens is 2. The lowest BCUT2D eigenvalue weighted by molar-refractivity contribution is 0.00465. The van der Waals surface area contributed by atoms with E-state index in [-0.39, 0.29) is 11.8 Å². The molecule has 1 spiro atoms. The molecule has 2 heteroatoms. The first-order valence-corrected chi connectivity index (χ1v) is 5.14. The molecule has 0 aliphatic heterocycles. The average molecular weight is 188 g/mol. The molecule has 0 saturated heterocycles. The van der Waals surface area contributed by atoms with Gasteiger partial charge in [0.2, 0.25) is 0 Å². The third kappa shape index (κ3) is 1.38. The van der Waals surface area contributed by atoms with Gasteiger partial charge >= 0.3 is 0 Å². The summed E-state index contributed by atoms with van der Waals surface area (Å²) in [6.45, 7) is 6.36. The molecule has 2 aliphatic rings. The lowest BCUT2D eigenvalue weighted by Gasteiger charge is -2.39. The van der Waals surface area contributed by atoms with Crippen molar-refractivity contribution in [3.8, 4) is 0 Å². The zero-order valence-corrected chi connectivity index (χ0v) is 8.66. The Morgan fingerprint density at radius 3 is 2.00 bits per heavy atom. The Labute approximate surface area is 78.7 Å². The van der Waals surface area contributed by atoms with Gasteiger partial charge in [0.05, 0.1) is 0 Å². The zero-order valence-electron chi connectivity index (χ0n) is 8.66. The van der Waals surface area contributed by atoms with E-state index in [1.807, 2.05) is 0 Å². The van der Waals surface area contributed by atoms with Crippen LogP contribution in [0, 0.1) is 16.7 Å². The van der Waals surface area contributed by atoms with Crippen molar-refractivity contribution >= 4 is 0 Å². The number of alkyl halides is 2. The minimum Gasteiger partial charge on any atom is -0.206 e. The van der Waals surface area contributed by atoms with Gasteiger partial charge < -0.3 is 0 Å². The average Bonchev–Trinajstić information content (AvgIpc) is 2.23. The largest absolute Gasteiger partial charge is 0.254 e. The maximum absolute atomic E-state index is 13.2. The van der Waals surface area contributed by atoms with E-state index in [1.165, 1.54) is 0 Å². The van der Waals surface area contributed by atoms with Crippen LogP contribution >= 0.6 is 0 Å². The molecule has 0 nitrogen and oxygen atoms in total. The monoisotopic (exact) mass is 188 g/mol. The van der Waals surface area contributed by atoms with Crippen molar-refractivity contribution in [1.29, 1.82) is 0 Å². The molecule has 0 N–H and O–H groups in total. The van der Waals surface area contributed by atoms with E-state index >= 15 is 0 Å². The molecule has 2 atom stereocenters. The van der Waals surface area contributed by atoms with Crippen molar-refractivity contribution in [3.05, 3.63) is 0 Å². The van der Waals surface area contributed by atoms with Gasteiger partial charge in [0.25, 0.3) is 5.92 Å². The summed E-state index contributed by atoms with van der Waals surface area (Å²) in [7, 11) is 0. The third-order valence-electron chi connectivity index (χ3n) is 3.67. The predicted octanol–water partition coefficient (Wildman–Crippen LogP) is 3.86. The minimum absolute atomic E-state index is 0.123. The van der Waals surface area contributed by atoms with E-state index < -0.39 is 11.3 Å². The minimum atomic E-state index is -2.35. The Balaban J connectivity index is 2.16. The van der Waals surface area contributed by atoms with Crippen LogP contribution in [-0.4, -0.2) is 5.92 Å². The lowest BCUT2D eigenvalue weighted by atomic mass is 9.66. The standard InChI is InChI=1S/C11H18F2/c1-8-4-9(2,3)6-10(5-8)7-11(10,12)13/h8H,4-7H2,1-3H3. The van der Waals surface area contributed by atoms with Gasteiger partial charge in [-0.3, -0.25) is 0 Å². The van der Waals surface area contributed by atoms with Gasteiger partial charge in [-0.2, -0.15) is 0 Å². The van der Waals surface area contributed by atoms with Gasteiger partial charge in [0, 0.05) is 11.8 Å². The summed E-state index contributed by atoms with van der Waals surface area (Å²) >= 11 is 0. The highest BCUT2D eigenvalue weighted by molar-refractivity contribution is 5.14. The molecule has 0 heterocycles. The fraction of sp³-hybridized carbons (Fsp3) is 1.00. The number of hydrogen-bond acceptors (Lipinski definition) is 0. The molecule has 0 aromatic carbocycles. The summed E-state index contributed by atoms with van der Waals surface area (Å²) in [5.41, 5.74) is -0.480. The van der Waals surface area contributed by atoms with Gasteiger partial charge in [-0.05, 0) is 30.6 Å². The maximum Gasteiger partial charge on any atom is 0.254 e. The zero-order chi connectivity index (χ0) is 9.91. The SMILES string of the molecule is CC1CC(C)(C)CC2(C1)CC2(F)F. The van der Waals surface area contributed by atoms with Gasteiger partial charge in [-0.25, -0.2) is 8.78 Å². The predicted molar refractivity (Wildman–Crippen MR) is 48.8 cm³/mol. The second kappa shape index (κ2) is 2.26. The molecule has 0 aromatic rings. The van der Waals surface area contributed by atoms with Crippen molar-refractivity contribution in [1.82, 2.24) is 0 Å². The first-order valence-electron chi connectivity index (χ1n) is 5.14. The number of rotatable bonds is 0. The van der Waals surface area contributed by atoms with Gasteiger partial charge in [0.15, 0.2) is 0 Å². The van der Waals surface area contributed by atoms with Crippen LogP contribution in [0.3, 0.4) is 0 Å². The van der Waals surface area contributed by atoms with E-state index in [0.717, 1.165) is 19.3 Å². The molecule has 0 radical (unpaired) electrons. The molecule has 0 aromatic heterocycles. The smallest absolute Gasteiger partial charge is 0.206 e. The first-order chi connectivity index (χ1) is 5.77. The van der Waals surface area contributed by atoms with Crippen molar-refractivity contribution in [3.63, 3.8) is 0 Å². The summed E-state index contributed by atoms with van der Waals surface area (Å²) in [4.78, 5) is 0. The third-order valence-corrected chi connectivity index (χ3v) is 3.67. The van der Waals surface area contributed by atoms with E-state index in [1.54, 1.807) is 0 Å².